The van der Waals surface area contributed by atoms with Gasteiger partial charge in [-0.25, -0.2) is 9.97 Å². The number of hydrogen-bond acceptors (Lipinski definition) is 4. The Morgan fingerprint density at radius 3 is 2.58 bits per heavy atom. The van der Waals surface area contributed by atoms with Crippen LogP contribution in [0.25, 0.3) is 0 Å². The Morgan fingerprint density at radius 1 is 1.50 bits per heavy atom. The standard InChI is InChI=1S/C8H13N3O/c1-2-7(9)8(12)6-3-10-5-11-4-6/h3-5,7-8,12H,2,9H2,1H3. The second-order valence-electron chi connectivity index (χ2n) is 2.69. The first-order valence-electron chi connectivity index (χ1n) is 3.94. The number of aromatic nitrogens is 2. The minimum atomic E-state index is -0.656. The zero-order valence-electron chi connectivity index (χ0n) is 7.01. The highest BCUT2D eigenvalue weighted by Crippen LogP contribution is 2.14. The molecule has 4 heteroatoms. The summed E-state index contributed by atoms with van der Waals surface area (Å²) in [5, 5.41) is 9.58. The topological polar surface area (TPSA) is 72.0 Å². The lowest BCUT2D eigenvalue weighted by Crippen LogP contribution is -2.27. The molecule has 1 heterocycles. The van der Waals surface area contributed by atoms with Gasteiger partial charge < -0.3 is 10.8 Å². The molecule has 12 heavy (non-hydrogen) atoms. The Balaban J connectivity index is 2.71. The van der Waals surface area contributed by atoms with Gasteiger partial charge in [-0.2, -0.15) is 0 Å². The lowest BCUT2D eigenvalue weighted by Gasteiger charge is -2.16. The molecule has 0 radical (unpaired) electrons. The monoisotopic (exact) mass is 167 g/mol. The molecule has 0 spiro atoms. The van der Waals surface area contributed by atoms with Crippen LogP contribution in [0.5, 0.6) is 0 Å². The van der Waals surface area contributed by atoms with E-state index in [0.29, 0.717) is 5.56 Å². The largest absolute Gasteiger partial charge is 0.387 e. The fourth-order valence-electron chi connectivity index (χ4n) is 0.934. The van der Waals surface area contributed by atoms with Gasteiger partial charge in [0, 0.05) is 24.0 Å². The third kappa shape index (κ3) is 1.99. The SMILES string of the molecule is CCC(N)C(O)c1cncnc1. The van der Waals surface area contributed by atoms with Crippen molar-refractivity contribution in [2.45, 2.75) is 25.5 Å². The summed E-state index contributed by atoms with van der Waals surface area (Å²) in [6.45, 7) is 1.93. The molecular formula is C8H13N3O. The lowest BCUT2D eigenvalue weighted by atomic mass is 10.0. The van der Waals surface area contributed by atoms with Gasteiger partial charge in [-0.3, -0.25) is 0 Å². The van der Waals surface area contributed by atoms with E-state index in [9.17, 15) is 5.11 Å². The predicted octanol–water partition coefficient (Wildman–Crippen LogP) is 0.247. The number of nitrogens with zero attached hydrogens (tertiary/aromatic N) is 2. The first kappa shape index (κ1) is 9.09. The summed E-state index contributed by atoms with van der Waals surface area (Å²) in [5.41, 5.74) is 6.32. The Morgan fingerprint density at radius 2 is 2.08 bits per heavy atom. The van der Waals surface area contributed by atoms with Crippen molar-refractivity contribution in [1.82, 2.24) is 9.97 Å². The normalized spacial score (nSPS) is 15.6. The van der Waals surface area contributed by atoms with E-state index >= 15 is 0 Å². The molecule has 1 rings (SSSR count). The molecule has 1 aromatic heterocycles. The fourth-order valence-corrected chi connectivity index (χ4v) is 0.934. The van der Waals surface area contributed by atoms with E-state index in [1.54, 1.807) is 12.4 Å². The molecule has 2 unspecified atom stereocenters. The predicted molar refractivity (Wildman–Crippen MR) is 45.3 cm³/mol. The van der Waals surface area contributed by atoms with Gasteiger partial charge in [0.15, 0.2) is 0 Å². The van der Waals surface area contributed by atoms with E-state index in [2.05, 4.69) is 9.97 Å². The van der Waals surface area contributed by atoms with Crippen LogP contribution >= 0.6 is 0 Å². The van der Waals surface area contributed by atoms with Crippen LogP contribution in [0.15, 0.2) is 18.7 Å². The van der Waals surface area contributed by atoms with Gasteiger partial charge in [-0.05, 0) is 6.42 Å². The highest BCUT2D eigenvalue weighted by atomic mass is 16.3. The lowest BCUT2D eigenvalue weighted by molar-refractivity contribution is 0.143. The molecule has 4 nitrogen and oxygen atoms in total. The molecule has 0 aliphatic carbocycles. The molecule has 0 saturated heterocycles. The molecule has 0 aliphatic rings. The quantitative estimate of drug-likeness (QED) is 0.676. The molecule has 0 aliphatic heterocycles. The minimum Gasteiger partial charge on any atom is -0.387 e. The van der Waals surface area contributed by atoms with Crippen molar-refractivity contribution in [2.75, 3.05) is 0 Å². The smallest absolute Gasteiger partial charge is 0.115 e. The molecule has 3 N–H and O–H groups in total. The summed E-state index contributed by atoms with van der Waals surface area (Å²) in [7, 11) is 0. The molecule has 0 saturated carbocycles. The first-order chi connectivity index (χ1) is 5.75. The number of hydrogen-bond donors (Lipinski definition) is 2. The summed E-state index contributed by atoms with van der Waals surface area (Å²) >= 11 is 0. The van der Waals surface area contributed by atoms with E-state index in [1.807, 2.05) is 6.92 Å². The van der Waals surface area contributed by atoms with Gasteiger partial charge in [-0.15, -0.1) is 0 Å². The first-order valence-corrected chi connectivity index (χ1v) is 3.94. The molecule has 2 atom stereocenters. The Kier molecular flexibility index (Phi) is 3.13. The molecule has 0 bridgehead atoms. The fraction of sp³-hybridized carbons (Fsp3) is 0.500. The summed E-state index contributed by atoms with van der Waals surface area (Å²) in [6.07, 6.45) is 4.65. The van der Waals surface area contributed by atoms with Crippen molar-refractivity contribution >= 4 is 0 Å². The zero-order valence-corrected chi connectivity index (χ0v) is 7.01. The molecule has 0 fully saturated rings. The van der Waals surface area contributed by atoms with Gasteiger partial charge in [-0.1, -0.05) is 6.92 Å². The van der Waals surface area contributed by atoms with Crippen molar-refractivity contribution in [1.29, 1.82) is 0 Å². The maximum atomic E-state index is 9.58. The van der Waals surface area contributed by atoms with Crippen LogP contribution in [0.3, 0.4) is 0 Å². The van der Waals surface area contributed by atoms with Crippen LogP contribution in [0.1, 0.15) is 25.0 Å². The summed E-state index contributed by atoms with van der Waals surface area (Å²) < 4.78 is 0. The van der Waals surface area contributed by atoms with Gasteiger partial charge in [0.05, 0.1) is 6.10 Å². The average molecular weight is 167 g/mol. The number of aliphatic hydroxyl groups is 1. The molecule has 0 amide bonds. The van der Waals surface area contributed by atoms with Crippen molar-refractivity contribution in [3.8, 4) is 0 Å². The summed E-state index contributed by atoms with van der Waals surface area (Å²) in [5.74, 6) is 0. The van der Waals surface area contributed by atoms with Gasteiger partial charge in [0.1, 0.15) is 6.33 Å². The molecule has 1 aromatic rings. The van der Waals surface area contributed by atoms with Gasteiger partial charge in [0.25, 0.3) is 0 Å². The maximum absolute atomic E-state index is 9.58. The van der Waals surface area contributed by atoms with E-state index in [1.165, 1.54) is 6.33 Å². The van der Waals surface area contributed by atoms with Crippen LogP contribution in [0.4, 0.5) is 0 Å². The van der Waals surface area contributed by atoms with Crippen LogP contribution in [0.2, 0.25) is 0 Å². The third-order valence-corrected chi connectivity index (χ3v) is 1.80. The molecular weight excluding hydrogens is 154 g/mol. The van der Waals surface area contributed by atoms with Crippen LogP contribution < -0.4 is 5.73 Å². The summed E-state index contributed by atoms with van der Waals surface area (Å²) in [6, 6.07) is -0.240. The van der Waals surface area contributed by atoms with Crippen molar-refractivity contribution < 1.29 is 5.11 Å². The van der Waals surface area contributed by atoms with E-state index in [-0.39, 0.29) is 6.04 Å². The van der Waals surface area contributed by atoms with Crippen molar-refractivity contribution in [2.24, 2.45) is 5.73 Å². The summed E-state index contributed by atoms with van der Waals surface area (Å²) in [4.78, 5) is 7.59. The highest BCUT2D eigenvalue weighted by Gasteiger charge is 2.14. The van der Waals surface area contributed by atoms with Gasteiger partial charge in [0.2, 0.25) is 0 Å². The molecule has 0 aromatic carbocycles. The van der Waals surface area contributed by atoms with Crippen LogP contribution in [0, 0.1) is 0 Å². The number of aliphatic hydroxyl groups excluding tert-OH is 1. The van der Waals surface area contributed by atoms with Crippen LogP contribution in [-0.2, 0) is 0 Å². The number of nitrogens with two attached hydrogens (primary N) is 1. The average Bonchev–Trinajstić information content (AvgIpc) is 2.17. The van der Waals surface area contributed by atoms with E-state index < -0.39 is 6.10 Å². The van der Waals surface area contributed by atoms with Crippen molar-refractivity contribution in [3.63, 3.8) is 0 Å². The second-order valence-corrected chi connectivity index (χ2v) is 2.69. The van der Waals surface area contributed by atoms with Crippen LogP contribution in [-0.4, -0.2) is 21.1 Å². The maximum Gasteiger partial charge on any atom is 0.115 e. The molecule has 66 valence electrons. The third-order valence-electron chi connectivity index (χ3n) is 1.80. The Hall–Kier alpha value is -1.00. The van der Waals surface area contributed by atoms with E-state index in [4.69, 9.17) is 5.73 Å². The van der Waals surface area contributed by atoms with E-state index in [0.717, 1.165) is 6.42 Å². The second kappa shape index (κ2) is 4.13. The highest BCUT2D eigenvalue weighted by molar-refractivity contribution is 5.08. The zero-order chi connectivity index (χ0) is 8.97. The Labute approximate surface area is 71.5 Å². The minimum absolute atomic E-state index is 0.240. The van der Waals surface area contributed by atoms with Gasteiger partial charge >= 0.3 is 0 Å². The Bertz CT molecular complexity index is 227. The number of rotatable bonds is 3. The van der Waals surface area contributed by atoms with Crippen molar-refractivity contribution in [3.05, 3.63) is 24.3 Å².